The van der Waals surface area contributed by atoms with Crippen LogP contribution in [0.2, 0.25) is 0 Å². The minimum Gasteiger partial charge on any atom is -0.493 e. The molecular weight excluding hydrogens is 256 g/mol. The van der Waals surface area contributed by atoms with Crippen LogP contribution in [-0.4, -0.2) is 21.7 Å². The molecule has 0 radical (unpaired) electrons. The van der Waals surface area contributed by atoms with Crippen LogP contribution in [0, 0.1) is 6.92 Å². The number of H-pyrrole nitrogens is 1. The fourth-order valence-corrected chi connectivity index (χ4v) is 2.10. The van der Waals surface area contributed by atoms with Crippen LogP contribution in [0.5, 0.6) is 5.88 Å². The molecule has 0 fully saturated rings. The van der Waals surface area contributed by atoms with E-state index in [1.807, 2.05) is 32.0 Å². The summed E-state index contributed by atoms with van der Waals surface area (Å²) in [5.41, 5.74) is 1.40. The Morgan fingerprint density at radius 2 is 2.10 bits per heavy atom. The van der Waals surface area contributed by atoms with Gasteiger partial charge in [0.15, 0.2) is 0 Å². The third-order valence-electron chi connectivity index (χ3n) is 3.13. The molecule has 1 aromatic heterocycles. The normalized spacial score (nSPS) is 12.3. The van der Waals surface area contributed by atoms with Gasteiger partial charge in [-0.05, 0) is 31.9 Å². The Morgan fingerprint density at radius 3 is 2.70 bits per heavy atom. The lowest BCUT2D eigenvalue weighted by Crippen LogP contribution is -2.17. The molecule has 1 unspecified atom stereocenters. The number of hydrogen-bond donors (Lipinski definition) is 2. The Labute approximate surface area is 117 Å². The molecule has 1 atom stereocenters. The predicted molar refractivity (Wildman–Crippen MR) is 76.7 cm³/mol. The average Bonchev–Trinajstić information content (AvgIpc) is 2.40. The highest BCUT2D eigenvalue weighted by molar-refractivity contribution is 5.70. The molecule has 0 saturated carbocycles. The summed E-state index contributed by atoms with van der Waals surface area (Å²) >= 11 is 0. The molecule has 0 aliphatic carbocycles. The highest BCUT2D eigenvalue weighted by Crippen LogP contribution is 2.27. The molecular formula is C15H18N2O3. The Hall–Kier alpha value is -2.14. The second-order valence-electron chi connectivity index (χ2n) is 4.56. The van der Waals surface area contributed by atoms with Gasteiger partial charge in [-0.25, -0.2) is 0 Å². The molecule has 1 heterocycles. The van der Waals surface area contributed by atoms with Gasteiger partial charge in [0.2, 0.25) is 5.88 Å². The first-order valence-corrected chi connectivity index (χ1v) is 6.55. The molecule has 1 aromatic carbocycles. The van der Waals surface area contributed by atoms with E-state index in [1.165, 1.54) is 0 Å². The highest BCUT2D eigenvalue weighted by Gasteiger charge is 2.17. The third kappa shape index (κ3) is 2.72. The molecule has 0 aliphatic rings. The minimum absolute atomic E-state index is 0.190. The topological polar surface area (TPSA) is 75.2 Å². The molecule has 2 N–H and O–H groups in total. The summed E-state index contributed by atoms with van der Waals surface area (Å²) in [6, 6.07) is 7.36. The van der Waals surface area contributed by atoms with Gasteiger partial charge in [-0.1, -0.05) is 24.3 Å². The van der Waals surface area contributed by atoms with E-state index in [1.54, 1.807) is 13.0 Å². The molecule has 2 rings (SSSR count). The maximum absolute atomic E-state index is 12.2. The van der Waals surface area contributed by atoms with E-state index in [2.05, 4.69) is 9.97 Å². The minimum atomic E-state index is -0.371. The smallest absolute Gasteiger partial charge is 0.262 e. The molecule has 0 aliphatic heterocycles. The van der Waals surface area contributed by atoms with Crippen LogP contribution < -0.4 is 5.56 Å². The first kappa shape index (κ1) is 14.3. The van der Waals surface area contributed by atoms with Crippen molar-refractivity contribution in [1.29, 1.82) is 0 Å². The summed E-state index contributed by atoms with van der Waals surface area (Å²) in [7, 11) is 0. The van der Waals surface area contributed by atoms with E-state index in [4.69, 9.17) is 4.74 Å². The van der Waals surface area contributed by atoms with Crippen LogP contribution in [0.25, 0.3) is 11.1 Å². The fraction of sp³-hybridized carbons (Fsp3) is 0.333. The van der Waals surface area contributed by atoms with Gasteiger partial charge in [0.05, 0.1) is 0 Å². The quantitative estimate of drug-likeness (QED) is 0.898. The van der Waals surface area contributed by atoms with E-state index >= 15 is 0 Å². The Kier molecular flexibility index (Phi) is 4.20. The molecule has 0 saturated heterocycles. The maximum Gasteiger partial charge on any atom is 0.262 e. The van der Waals surface area contributed by atoms with Crippen LogP contribution in [0.4, 0.5) is 0 Å². The van der Waals surface area contributed by atoms with Crippen molar-refractivity contribution in [3.05, 3.63) is 46.0 Å². The van der Waals surface area contributed by atoms with Gasteiger partial charge >= 0.3 is 0 Å². The molecule has 2 aromatic rings. The Balaban J connectivity index is 2.53. The van der Waals surface area contributed by atoms with E-state index in [0.717, 1.165) is 5.56 Å². The summed E-state index contributed by atoms with van der Waals surface area (Å²) in [5, 5.41) is 10.1. The summed E-state index contributed by atoms with van der Waals surface area (Å²) in [6.07, 6.45) is -0.371. The van der Waals surface area contributed by atoms with E-state index in [9.17, 15) is 9.90 Å². The lowest BCUT2D eigenvalue weighted by molar-refractivity contribution is 0.0694. The zero-order chi connectivity index (χ0) is 14.7. The number of rotatable bonds is 4. The standard InChI is InChI=1S/C15H18N2O3/c1-4-20-10(3)13-16-14(18)12(15(19)17-13)11-8-6-5-7-9(11)2/h5-8,10H,4H2,1-3H3,(H2,16,17,18,19). The molecule has 5 nitrogen and oxygen atoms in total. The number of aromatic amines is 1. The van der Waals surface area contributed by atoms with Crippen LogP contribution in [0.1, 0.15) is 31.3 Å². The number of hydrogen-bond acceptors (Lipinski definition) is 4. The first-order valence-electron chi connectivity index (χ1n) is 6.55. The monoisotopic (exact) mass is 274 g/mol. The third-order valence-corrected chi connectivity index (χ3v) is 3.13. The number of aryl methyl sites for hydroxylation is 1. The van der Waals surface area contributed by atoms with Crippen molar-refractivity contribution in [3.63, 3.8) is 0 Å². The number of nitrogens with one attached hydrogen (secondary N) is 1. The van der Waals surface area contributed by atoms with Gasteiger partial charge in [0, 0.05) is 6.61 Å². The summed E-state index contributed by atoms with van der Waals surface area (Å²) < 4.78 is 5.36. The summed E-state index contributed by atoms with van der Waals surface area (Å²) in [4.78, 5) is 18.9. The lowest BCUT2D eigenvalue weighted by Gasteiger charge is -2.13. The van der Waals surface area contributed by atoms with Crippen LogP contribution in [-0.2, 0) is 4.74 Å². The van der Waals surface area contributed by atoms with Gasteiger partial charge in [0.1, 0.15) is 17.5 Å². The van der Waals surface area contributed by atoms with Gasteiger partial charge in [-0.15, -0.1) is 0 Å². The number of aromatic hydroxyl groups is 1. The van der Waals surface area contributed by atoms with E-state index in [0.29, 0.717) is 18.0 Å². The lowest BCUT2D eigenvalue weighted by atomic mass is 10.0. The van der Waals surface area contributed by atoms with Crippen molar-refractivity contribution in [2.75, 3.05) is 6.61 Å². The number of ether oxygens (including phenoxy) is 1. The highest BCUT2D eigenvalue weighted by atomic mass is 16.5. The van der Waals surface area contributed by atoms with Crippen LogP contribution in [0.15, 0.2) is 29.1 Å². The number of benzene rings is 1. The second-order valence-corrected chi connectivity index (χ2v) is 4.56. The van der Waals surface area contributed by atoms with Crippen molar-refractivity contribution in [1.82, 2.24) is 9.97 Å². The largest absolute Gasteiger partial charge is 0.493 e. The molecule has 0 spiro atoms. The Bertz CT molecular complexity index is 664. The van der Waals surface area contributed by atoms with Gasteiger partial charge in [-0.2, -0.15) is 4.98 Å². The SMILES string of the molecule is CCOC(C)c1nc(O)c(-c2ccccc2C)c(=O)[nH]1. The first-order chi connectivity index (χ1) is 9.54. The van der Waals surface area contributed by atoms with E-state index < -0.39 is 0 Å². The zero-order valence-corrected chi connectivity index (χ0v) is 11.8. The second kappa shape index (κ2) is 5.88. The van der Waals surface area contributed by atoms with Gasteiger partial charge in [0.25, 0.3) is 5.56 Å². The van der Waals surface area contributed by atoms with Crippen molar-refractivity contribution < 1.29 is 9.84 Å². The molecule has 0 amide bonds. The van der Waals surface area contributed by atoms with Crippen LogP contribution >= 0.6 is 0 Å². The Morgan fingerprint density at radius 1 is 1.40 bits per heavy atom. The van der Waals surface area contributed by atoms with Crippen molar-refractivity contribution in [2.24, 2.45) is 0 Å². The van der Waals surface area contributed by atoms with Crippen LogP contribution in [0.3, 0.4) is 0 Å². The van der Waals surface area contributed by atoms with Crippen molar-refractivity contribution in [3.8, 4) is 17.0 Å². The maximum atomic E-state index is 12.2. The van der Waals surface area contributed by atoms with E-state index in [-0.39, 0.29) is 23.1 Å². The van der Waals surface area contributed by atoms with Gasteiger partial charge < -0.3 is 14.8 Å². The van der Waals surface area contributed by atoms with Crippen molar-refractivity contribution >= 4 is 0 Å². The number of aromatic nitrogens is 2. The molecule has 20 heavy (non-hydrogen) atoms. The number of nitrogens with zero attached hydrogens (tertiary/aromatic N) is 1. The predicted octanol–water partition coefficient (Wildman–Crippen LogP) is 2.55. The van der Waals surface area contributed by atoms with Gasteiger partial charge in [-0.3, -0.25) is 4.79 Å². The zero-order valence-electron chi connectivity index (χ0n) is 11.8. The fourth-order valence-electron chi connectivity index (χ4n) is 2.10. The average molecular weight is 274 g/mol. The summed E-state index contributed by atoms with van der Waals surface area (Å²) in [5.74, 6) is 0.0521. The molecule has 5 heteroatoms. The summed E-state index contributed by atoms with van der Waals surface area (Å²) in [6.45, 7) is 6.01. The molecule has 106 valence electrons. The molecule has 0 bridgehead atoms. The van der Waals surface area contributed by atoms with Crippen molar-refractivity contribution in [2.45, 2.75) is 26.9 Å².